The molecule has 19 heavy (non-hydrogen) atoms. The minimum absolute atomic E-state index is 0.00941. The van der Waals surface area contributed by atoms with Gasteiger partial charge in [0.2, 0.25) is 0 Å². The van der Waals surface area contributed by atoms with Gasteiger partial charge in [0.15, 0.2) is 0 Å². The highest BCUT2D eigenvalue weighted by atomic mass is 16.3. The highest BCUT2D eigenvalue weighted by Gasteiger charge is 1.99. The smallest absolute Gasteiger partial charge is 0.250 e. The molecule has 0 fully saturated rings. The van der Waals surface area contributed by atoms with Gasteiger partial charge in [-0.2, -0.15) is 0 Å². The number of hydrogen-bond donors (Lipinski definition) is 2. The molecule has 0 spiro atoms. The molecule has 0 radical (unpaired) electrons. The first kappa shape index (κ1) is 13.1. The van der Waals surface area contributed by atoms with Crippen molar-refractivity contribution >= 4 is 5.69 Å². The van der Waals surface area contributed by atoms with Crippen LogP contribution in [0.1, 0.15) is 19.0 Å². The summed E-state index contributed by atoms with van der Waals surface area (Å²) in [5.41, 5.74) is 1.71. The highest BCUT2D eigenvalue weighted by Crippen LogP contribution is 2.09. The highest BCUT2D eigenvalue weighted by molar-refractivity contribution is 5.40. The lowest BCUT2D eigenvalue weighted by atomic mass is 10.3. The number of hydrogen-bond acceptors (Lipinski definition) is 4. The molecular formula is C14H17N3O2. The maximum atomic E-state index is 11.6. The first-order chi connectivity index (χ1) is 9.19. The van der Waals surface area contributed by atoms with Crippen LogP contribution in [0.4, 0.5) is 5.69 Å². The molecule has 0 atom stereocenters. The van der Waals surface area contributed by atoms with E-state index in [1.165, 1.54) is 6.20 Å². The largest absolute Gasteiger partial charge is 0.506 e. The summed E-state index contributed by atoms with van der Waals surface area (Å²) in [7, 11) is 0. The minimum Gasteiger partial charge on any atom is -0.506 e. The summed E-state index contributed by atoms with van der Waals surface area (Å²) in [6.45, 7) is 3.29. The van der Waals surface area contributed by atoms with E-state index in [0.29, 0.717) is 13.1 Å². The monoisotopic (exact) mass is 259 g/mol. The molecule has 0 aromatic carbocycles. The number of pyridine rings is 2. The number of aromatic nitrogens is 2. The molecule has 0 bridgehead atoms. The van der Waals surface area contributed by atoms with E-state index in [4.69, 9.17) is 5.11 Å². The van der Waals surface area contributed by atoms with Gasteiger partial charge in [-0.1, -0.05) is 6.92 Å². The maximum absolute atomic E-state index is 11.6. The van der Waals surface area contributed by atoms with E-state index < -0.39 is 0 Å². The summed E-state index contributed by atoms with van der Waals surface area (Å²) in [6, 6.07) is 6.67. The normalized spacial score (nSPS) is 10.4. The van der Waals surface area contributed by atoms with Gasteiger partial charge < -0.3 is 15.0 Å². The predicted molar refractivity (Wildman–Crippen MR) is 74.2 cm³/mol. The molecule has 5 heteroatoms. The quantitative estimate of drug-likeness (QED) is 0.861. The third-order valence-corrected chi connectivity index (χ3v) is 2.73. The van der Waals surface area contributed by atoms with Crippen molar-refractivity contribution < 1.29 is 5.11 Å². The van der Waals surface area contributed by atoms with Gasteiger partial charge in [0.05, 0.1) is 24.1 Å². The second kappa shape index (κ2) is 6.04. The molecule has 5 nitrogen and oxygen atoms in total. The second-order valence-corrected chi connectivity index (χ2v) is 4.31. The van der Waals surface area contributed by atoms with Crippen molar-refractivity contribution in [1.82, 2.24) is 9.55 Å². The number of aromatic hydroxyl groups is 1. The number of nitrogens with zero attached hydrogens (tertiary/aromatic N) is 2. The molecule has 0 unspecified atom stereocenters. The minimum atomic E-state index is 0.00941. The fraction of sp³-hybridized carbons (Fsp3) is 0.286. The fourth-order valence-corrected chi connectivity index (χ4v) is 1.77. The molecule has 0 saturated heterocycles. The third-order valence-electron chi connectivity index (χ3n) is 2.73. The topological polar surface area (TPSA) is 67.2 Å². The van der Waals surface area contributed by atoms with Gasteiger partial charge in [-0.15, -0.1) is 0 Å². The van der Waals surface area contributed by atoms with Crippen LogP contribution in [0.2, 0.25) is 0 Å². The lowest BCUT2D eigenvalue weighted by Gasteiger charge is -2.09. The van der Waals surface area contributed by atoms with Crippen LogP contribution in [0.3, 0.4) is 0 Å². The van der Waals surface area contributed by atoms with Crippen molar-refractivity contribution in [3.8, 4) is 5.75 Å². The summed E-state index contributed by atoms with van der Waals surface area (Å²) in [5, 5.41) is 12.3. The van der Waals surface area contributed by atoms with Gasteiger partial charge in [-0.25, -0.2) is 0 Å². The van der Waals surface area contributed by atoms with E-state index in [0.717, 1.165) is 17.8 Å². The average Bonchev–Trinajstić information content (AvgIpc) is 2.42. The van der Waals surface area contributed by atoms with Crippen LogP contribution in [0.5, 0.6) is 5.75 Å². The molecule has 0 aliphatic rings. The van der Waals surface area contributed by atoms with Gasteiger partial charge in [-0.05, 0) is 24.6 Å². The molecule has 0 aliphatic carbocycles. The Balaban J connectivity index is 2.05. The number of nitrogens with one attached hydrogen (secondary N) is 1. The Morgan fingerprint density at radius 1 is 1.32 bits per heavy atom. The van der Waals surface area contributed by atoms with Crippen molar-refractivity contribution in [2.75, 3.05) is 5.32 Å². The second-order valence-electron chi connectivity index (χ2n) is 4.31. The van der Waals surface area contributed by atoms with Crippen LogP contribution in [0.15, 0.2) is 41.5 Å². The number of rotatable bonds is 5. The van der Waals surface area contributed by atoms with Gasteiger partial charge in [0.25, 0.3) is 5.56 Å². The Morgan fingerprint density at radius 2 is 2.16 bits per heavy atom. The van der Waals surface area contributed by atoms with E-state index in [-0.39, 0.29) is 11.3 Å². The first-order valence-corrected chi connectivity index (χ1v) is 6.27. The Labute approximate surface area is 111 Å². The molecule has 0 amide bonds. The first-order valence-electron chi connectivity index (χ1n) is 6.27. The zero-order valence-electron chi connectivity index (χ0n) is 10.8. The Kier molecular flexibility index (Phi) is 4.18. The van der Waals surface area contributed by atoms with E-state index in [2.05, 4.69) is 10.3 Å². The van der Waals surface area contributed by atoms with E-state index in [1.807, 2.05) is 13.1 Å². The Morgan fingerprint density at radius 3 is 2.84 bits per heavy atom. The molecular weight excluding hydrogens is 242 g/mol. The number of aryl methyl sites for hydroxylation is 1. The zero-order valence-corrected chi connectivity index (χ0v) is 10.8. The summed E-state index contributed by atoms with van der Waals surface area (Å²) in [4.78, 5) is 15.7. The Hall–Kier alpha value is -2.30. The van der Waals surface area contributed by atoms with E-state index in [1.54, 1.807) is 28.8 Å². The summed E-state index contributed by atoms with van der Waals surface area (Å²) in [5.74, 6) is 0.153. The molecule has 100 valence electrons. The van der Waals surface area contributed by atoms with Crippen molar-refractivity contribution in [2.24, 2.45) is 0 Å². The lowest BCUT2D eigenvalue weighted by Crippen LogP contribution is -2.18. The molecule has 2 N–H and O–H groups in total. The molecule has 0 saturated carbocycles. The van der Waals surface area contributed by atoms with Gasteiger partial charge in [0, 0.05) is 18.8 Å². The fourth-order valence-electron chi connectivity index (χ4n) is 1.77. The molecule has 2 heterocycles. The van der Waals surface area contributed by atoms with Crippen LogP contribution >= 0.6 is 0 Å². The van der Waals surface area contributed by atoms with Gasteiger partial charge in [0.1, 0.15) is 5.75 Å². The third kappa shape index (κ3) is 3.58. The lowest BCUT2D eigenvalue weighted by molar-refractivity contribution is 0.472. The molecule has 2 aromatic rings. The SMILES string of the molecule is CCCn1cc(NCc2ccc(O)cn2)ccc1=O. The van der Waals surface area contributed by atoms with Crippen molar-refractivity contribution in [2.45, 2.75) is 26.4 Å². The predicted octanol–water partition coefficient (Wildman–Crippen LogP) is 1.97. The standard InChI is InChI=1S/C14H17N3O2/c1-2-7-17-10-12(4-6-14(17)19)15-8-11-3-5-13(18)9-16-11/h3-6,9-10,15,18H,2,7-8H2,1H3. The van der Waals surface area contributed by atoms with E-state index in [9.17, 15) is 4.79 Å². The van der Waals surface area contributed by atoms with Crippen molar-refractivity contribution in [3.63, 3.8) is 0 Å². The van der Waals surface area contributed by atoms with Crippen LogP contribution < -0.4 is 10.9 Å². The summed E-state index contributed by atoms with van der Waals surface area (Å²) in [6.07, 6.45) is 4.14. The number of anilines is 1. The Bertz CT molecular complexity index is 590. The van der Waals surface area contributed by atoms with Crippen LogP contribution in [-0.2, 0) is 13.1 Å². The molecule has 2 rings (SSSR count). The van der Waals surface area contributed by atoms with Crippen LogP contribution in [-0.4, -0.2) is 14.7 Å². The zero-order chi connectivity index (χ0) is 13.7. The maximum Gasteiger partial charge on any atom is 0.250 e. The van der Waals surface area contributed by atoms with Crippen LogP contribution in [0.25, 0.3) is 0 Å². The molecule has 2 aromatic heterocycles. The molecule has 0 aliphatic heterocycles. The summed E-state index contributed by atoms with van der Waals surface area (Å²) < 4.78 is 1.69. The summed E-state index contributed by atoms with van der Waals surface area (Å²) >= 11 is 0. The van der Waals surface area contributed by atoms with Crippen LogP contribution in [0, 0.1) is 0 Å². The van der Waals surface area contributed by atoms with Crippen molar-refractivity contribution in [3.05, 3.63) is 52.7 Å². The van der Waals surface area contributed by atoms with E-state index >= 15 is 0 Å². The average molecular weight is 259 g/mol. The van der Waals surface area contributed by atoms with Crippen molar-refractivity contribution in [1.29, 1.82) is 0 Å². The van der Waals surface area contributed by atoms with Gasteiger partial charge >= 0.3 is 0 Å². The van der Waals surface area contributed by atoms with Gasteiger partial charge in [-0.3, -0.25) is 9.78 Å².